The van der Waals surface area contributed by atoms with Crippen molar-refractivity contribution < 1.29 is 27.0 Å². The molecule has 0 aliphatic carbocycles. The lowest BCUT2D eigenvalue weighted by atomic mass is 10.0. The van der Waals surface area contributed by atoms with Crippen LogP contribution in [-0.4, -0.2) is 20.8 Å². The first-order valence-corrected chi connectivity index (χ1v) is 11.7. The number of fused-ring (bicyclic) bond motifs is 1. The number of halogens is 5. The number of benzene rings is 2. The lowest BCUT2D eigenvalue weighted by molar-refractivity contribution is -0.139. The summed E-state index contributed by atoms with van der Waals surface area (Å²) in [5.41, 5.74) is -0.157. The molecule has 1 saturated heterocycles. The molecule has 36 heavy (non-hydrogen) atoms. The highest BCUT2D eigenvalue weighted by atomic mass is 79.9. The third kappa shape index (κ3) is 4.46. The van der Waals surface area contributed by atoms with Crippen LogP contribution in [0.2, 0.25) is 0 Å². The van der Waals surface area contributed by atoms with Crippen molar-refractivity contribution in [3.8, 4) is 11.5 Å². The van der Waals surface area contributed by atoms with Crippen molar-refractivity contribution in [2.24, 2.45) is 0 Å². The molecular weight excluding hydrogens is 548 g/mol. The summed E-state index contributed by atoms with van der Waals surface area (Å²) in [4.78, 5) is 19.1. The molecule has 1 aliphatic heterocycles. The fourth-order valence-electron chi connectivity index (χ4n) is 4.09. The molecule has 0 spiro atoms. The number of anilines is 1. The van der Waals surface area contributed by atoms with Crippen LogP contribution in [0.5, 0.6) is 11.5 Å². The van der Waals surface area contributed by atoms with Gasteiger partial charge in [-0.25, -0.2) is 14.2 Å². The van der Waals surface area contributed by atoms with Gasteiger partial charge in [0, 0.05) is 34.5 Å². The van der Waals surface area contributed by atoms with Crippen molar-refractivity contribution >= 4 is 32.8 Å². The van der Waals surface area contributed by atoms with E-state index >= 15 is 0 Å². The van der Waals surface area contributed by atoms with Gasteiger partial charge in [0.1, 0.15) is 11.6 Å². The van der Waals surface area contributed by atoms with Gasteiger partial charge in [-0.3, -0.25) is 9.55 Å². The molecule has 0 saturated carbocycles. The molecule has 2 N–H and O–H groups in total. The Morgan fingerprint density at radius 2 is 1.97 bits per heavy atom. The average Bonchev–Trinajstić information content (AvgIpc) is 3.45. The van der Waals surface area contributed by atoms with Crippen molar-refractivity contribution in [3.05, 3.63) is 80.6 Å². The van der Waals surface area contributed by atoms with Gasteiger partial charge in [-0.15, -0.1) is 0 Å². The van der Waals surface area contributed by atoms with Crippen LogP contribution in [0, 0.1) is 5.82 Å². The zero-order valence-electron chi connectivity index (χ0n) is 18.9. The van der Waals surface area contributed by atoms with Crippen LogP contribution in [-0.2, 0) is 10.9 Å². The number of aromatic nitrogens is 3. The zero-order chi connectivity index (χ0) is 25.8. The van der Waals surface area contributed by atoms with Gasteiger partial charge >= 0.3 is 11.9 Å². The fourth-order valence-corrected chi connectivity index (χ4v) is 4.70. The van der Waals surface area contributed by atoms with E-state index in [1.807, 2.05) is 13.8 Å². The molecule has 0 bridgehead atoms. The number of rotatable bonds is 6. The highest BCUT2D eigenvalue weighted by Crippen LogP contribution is 2.47. The zero-order valence-corrected chi connectivity index (χ0v) is 20.4. The molecule has 12 heteroatoms. The summed E-state index contributed by atoms with van der Waals surface area (Å²) in [6.07, 6.45) is -4.72. The van der Waals surface area contributed by atoms with Crippen molar-refractivity contribution in [2.45, 2.75) is 38.4 Å². The Labute approximate surface area is 210 Å². The molecule has 3 heterocycles. The number of H-pyrrole nitrogens is 1. The van der Waals surface area contributed by atoms with Crippen LogP contribution in [0.3, 0.4) is 0 Å². The van der Waals surface area contributed by atoms with Crippen molar-refractivity contribution in [1.29, 1.82) is 0 Å². The largest absolute Gasteiger partial charge is 0.452 e. The quantitative estimate of drug-likeness (QED) is 0.205. The highest BCUT2D eigenvalue weighted by Gasteiger charge is 2.47. The molecule has 1 aliphatic rings. The first-order chi connectivity index (χ1) is 17.0. The Morgan fingerprint density at radius 1 is 1.19 bits per heavy atom. The van der Waals surface area contributed by atoms with Crippen LogP contribution in [0.15, 0.2) is 57.9 Å². The number of pyridine rings is 1. The summed E-state index contributed by atoms with van der Waals surface area (Å²) in [5, 5.41) is 2.89. The van der Waals surface area contributed by atoms with Crippen LogP contribution >= 0.6 is 15.9 Å². The topological polar surface area (TPSA) is 84.5 Å². The van der Waals surface area contributed by atoms with Gasteiger partial charge in [-0.1, -0.05) is 28.1 Å². The summed E-state index contributed by atoms with van der Waals surface area (Å²) in [6.45, 7) is 3.65. The van der Waals surface area contributed by atoms with Gasteiger partial charge in [-0.2, -0.15) is 13.2 Å². The molecule has 1 fully saturated rings. The molecule has 2 aromatic carbocycles. The van der Waals surface area contributed by atoms with Gasteiger partial charge in [0.2, 0.25) is 0 Å². The summed E-state index contributed by atoms with van der Waals surface area (Å²) < 4.78 is 68.0. The minimum atomic E-state index is -4.56. The summed E-state index contributed by atoms with van der Waals surface area (Å²) in [7, 11) is 0. The number of ether oxygens (including phenoxy) is 2. The Bertz CT molecular complexity index is 1520. The van der Waals surface area contributed by atoms with E-state index in [4.69, 9.17) is 9.47 Å². The maximum atomic E-state index is 14.9. The van der Waals surface area contributed by atoms with Crippen LogP contribution in [0.1, 0.15) is 37.1 Å². The number of epoxide rings is 1. The molecule has 188 valence electrons. The third-order valence-corrected chi connectivity index (χ3v) is 6.34. The summed E-state index contributed by atoms with van der Waals surface area (Å²) >= 11 is 2.95. The monoisotopic (exact) mass is 566 g/mol. The van der Waals surface area contributed by atoms with E-state index in [9.17, 15) is 22.4 Å². The van der Waals surface area contributed by atoms with E-state index in [-0.39, 0.29) is 33.3 Å². The van der Waals surface area contributed by atoms with Gasteiger partial charge in [0.25, 0.3) is 0 Å². The van der Waals surface area contributed by atoms with Crippen molar-refractivity contribution in [2.75, 3.05) is 5.32 Å². The number of hydrogen-bond donors (Lipinski definition) is 2. The maximum Gasteiger partial charge on any atom is 0.417 e. The van der Waals surface area contributed by atoms with Gasteiger partial charge in [0.15, 0.2) is 29.2 Å². The van der Waals surface area contributed by atoms with Crippen LogP contribution < -0.4 is 15.7 Å². The van der Waals surface area contributed by atoms with E-state index in [0.29, 0.717) is 16.9 Å². The van der Waals surface area contributed by atoms with E-state index < -0.39 is 29.9 Å². The van der Waals surface area contributed by atoms with E-state index in [0.717, 1.165) is 6.07 Å². The fraction of sp³-hybridized carbons (Fsp3) is 0.250. The summed E-state index contributed by atoms with van der Waals surface area (Å²) in [6, 6.07) is 9.56. The normalized spacial score (nSPS) is 17.6. The van der Waals surface area contributed by atoms with Gasteiger partial charge in [-0.05, 0) is 37.6 Å². The second kappa shape index (κ2) is 8.93. The van der Waals surface area contributed by atoms with Crippen LogP contribution in [0.4, 0.5) is 23.2 Å². The lowest BCUT2D eigenvalue weighted by Crippen LogP contribution is -2.18. The van der Waals surface area contributed by atoms with Gasteiger partial charge < -0.3 is 14.8 Å². The minimum Gasteiger partial charge on any atom is -0.452 e. The number of nitrogens with zero attached hydrogens (tertiary/aromatic N) is 2. The Morgan fingerprint density at radius 3 is 2.67 bits per heavy atom. The highest BCUT2D eigenvalue weighted by molar-refractivity contribution is 9.10. The molecule has 2 aromatic heterocycles. The SMILES string of the molecule is CC(C)n1c(=O)[nH]c2nccc(Oc3ccc(NC4OC4c4cccc(Br)c4C(F)(F)F)cc3F)c21. The second-order valence-electron chi connectivity index (χ2n) is 8.47. The first kappa shape index (κ1) is 24.3. The van der Waals surface area contributed by atoms with E-state index in [2.05, 4.69) is 31.2 Å². The summed E-state index contributed by atoms with van der Waals surface area (Å²) in [5.74, 6) is -0.571. The number of alkyl halides is 3. The second-order valence-corrected chi connectivity index (χ2v) is 9.33. The molecule has 4 aromatic rings. The average molecular weight is 567 g/mol. The Balaban J connectivity index is 1.36. The molecule has 2 unspecified atom stereocenters. The molecule has 0 amide bonds. The standard InChI is InChI=1S/C24H19BrF4N4O3/c1-11(2)33-19-17(8-9-30-21(19)32-23(33)34)35-16-7-6-12(10-15(16)26)31-22-20(36-22)13-4-3-5-14(25)18(13)24(27,28)29/h3-11,20,22,31H,1-2H3,(H,30,32,34). The van der Waals surface area contributed by atoms with Crippen molar-refractivity contribution in [1.82, 2.24) is 14.5 Å². The number of imidazole rings is 1. The third-order valence-electron chi connectivity index (χ3n) is 5.68. The predicted octanol–water partition coefficient (Wildman–Crippen LogP) is 6.53. The molecular formula is C24H19BrF4N4O3. The number of nitrogens with one attached hydrogen (secondary N) is 2. The minimum absolute atomic E-state index is 0.0146. The predicted molar refractivity (Wildman–Crippen MR) is 128 cm³/mol. The Hall–Kier alpha value is -3.38. The number of hydrogen-bond acceptors (Lipinski definition) is 5. The smallest absolute Gasteiger partial charge is 0.417 e. The molecule has 0 radical (unpaired) electrons. The molecule has 5 rings (SSSR count). The van der Waals surface area contributed by atoms with E-state index in [1.54, 1.807) is 0 Å². The molecule has 7 nitrogen and oxygen atoms in total. The first-order valence-electron chi connectivity index (χ1n) is 10.9. The lowest BCUT2D eigenvalue weighted by Gasteiger charge is -2.14. The van der Waals surface area contributed by atoms with Crippen LogP contribution in [0.25, 0.3) is 11.2 Å². The number of aromatic amines is 1. The van der Waals surface area contributed by atoms with Gasteiger partial charge in [0.05, 0.1) is 5.56 Å². The Kier molecular flexibility index (Phi) is 6.03. The maximum absolute atomic E-state index is 14.9. The van der Waals surface area contributed by atoms with E-state index in [1.165, 1.54) is 47.2 Å². The molecule has 2 atom stereocenters. The van der Waals surface area contributed by atoms with Crippen molar-refractivity contribution in [3.63, 3.8) is 0 Å².